The molecule has 0 radical (unpaired) electrons. The molecule has 39 heavy (non-hydrogen) atoms. The number of aromatic nitrogens is 2. The molecule has 0 aliphatic carbocycles. The summed E-state index contributed by atoms with van der Waals surface area (Å²) in [6.45, 7) is 0. The van der Waals surface area contributed by atoms with Crippen LogP contribution in [0.15, 0.2) is 115 Å². The normalized spacial score (nSPS) is 11.1. The van der Waals surface area contributed by atoms with E-state index in [1.54, 1.807) is 0 Å². The van der Waals surface area contributed by atoms with Gasteiger partial charge in [-0.15, -0.1) is 0 Å². The Morgan fingerprint density at radius 2 is 1.51 bits per heavy atom. The minimum absolute atomic E-state index is 0.0500. The molecule has 192 valence electrons. The van der Waals surface area contributed by atoms with Crippen molar-refractivity contribution in [2.45, 2.75) is 19.3 Å². The Morgan fingerprint density at radius 3 is 2.26 bits per heavy atom. The zero-order chi connectivity index (χ0) is 26.6. The maximum atomic E-state index is 13.2. The van der Waals surface area contributed by atoms with E-state index in [2.05, 4.69) is 22.5 Å². The number of benzene rings is 4. The van der Waals surface area contributed by atoms with Gasteiger partial charge in [-0.1, -0.05) is 72.3 Å². The molecule has 5 nitrogen and oxygen atoms in total. The van der Waals surface area contributed by atoms with Crippen LogP contribution < -0.4 is 10.4 Å². The van der Waals surface area contributed by atoms with Gasteiger partial charge in [-0.05, 0) is 73.0 Å². The number of rotatable bonds is 8. The molecule has 4 aromatic carbocycles. The molecule has 0 saturated carbocycles. The molecule has 0 fully saturated rings. The summed E-state index contributed by atoms with van der Waals surface area (Å²) in [5.74, 6) is -0.0500. The second kappa shape index (κ2) is 11.0. The maximum absolute atomic E-state index is 13.2. The van der Waals surface area contributed by atoms with Crippen molar-refractivity contribution >= 4 is 50.7 Å². The van der Waals surface area contributed by atoms with E-state index in [-0.39, 0.29) is 5.91 Å². The van der Waals surface area contributed by atoms with E-state index >= 15 is 0 Å². The highest BCUT2D eigenvalue weighted by Gasteiger charge is 2.17. The Labute approximate surface area is 232 Å². The molecule has 0 spiro atoms. The van der Waals surface area contributed by atoms with E-state index in [1.807, 2.05) is 108 Å². The largest absolute Gasteiger partial charge is 0.353 e. The lowest BCUT2D eigenvalue weighted by Crippen LogP contribution is -2.38. The molecule has 2 N–H and O–H groups in total. The molecule has 2 heterocycles. The highest BCUT2D eigenvalue weighted by Crippen LogP contribution is 2.33. The van der Waals surface area contributed by atoms with Gasteiger partial charge in [0, 0.05) is 27.7 Å². The quantitative estimate of drug-likeness (QED) is 0.195. The number of H-pyrrole nitrogens is 1. The van der Waals surface area contributed by atoms with Crippen molar-refractivity contribution in [3.05, 3.63) is 126 Å². The van der Waals surface area contributed by atoms with E-state index in [4.69, 9.17) is 16.6 Å². The number of hydrazine groups is 1. The van der Waals surface area contributed by atoms with Crippen LogP contribution in [0.4, 0.5) is 11.4 Å². The van der Waals surface area contributed by atoms with Crippen molar-refractivity contribution in [1.82, 2.24) is 15.4 Å². The third-order valence-electron chi connectivity index (χ3n) is 6.82. The van der Waals surface area contributed by atoms with Crippen molar-refractivity contribution in [3.63, 3.8) is 0 Å². The van der Waals surface area contributed by atoms with Crippen LogP contribution in [0.3, 0.4) is 0 Å². The summed E-state index contributed by atoms with van der Waals surface area (Å²) in [6, 6.07) is 37.8. The summed E-state index contributed by atoms with van der Waals surface area (Å²) in [6.07, 6.45) is 1.74. The van der Waals surface area contributed by atoms with Crippen molar-refractivity contribution < 1.29 is 4.79 Å². The van der Waals surface area contributed by atoms with Gasteiger partial charge in [-0.25, -0.2) is 4.98 Å². The molecule has 2 aromatic heterocycles. The Bertz CT molecular complexity index is 1710. The number of fused-ring (bicyclic) bond motifs is 2. The highest BCUT2D eigenvalue weighted by molar-refractivity contribution is 6.31. The Kier molecular flexibility index (Phi) is 6.98. The fraction of sp³-hybridized carbons (Fsp3) is 0.0909. The average molecular weight is 531 g/mol. The van der Waals surface area contributed by atoms with Crippen LogP contribution >= 0.6 is 11.6 Å². The number of hydrogen-bond acceptors (Lipinski definition) is 3. The minimum atomic E-state index is -0.0500. The van der Waals surface area contributed by atoms with Crippen molar-refractivity contribution in [1.29, 1.82) is 0 Å². The minimum Gasteiger partial charge on any atom is -0.353 e. The zero-order valence-corrected chi connectivity index (χ0v) is 22.0. The fourth-order valence-corrected chi connectivity index (χ4v) is 5.11. The third-order valence-corrected chi connectivity index (χ3v) is 7.05. The second-order valence-corrected chi connectivity index (χ2v) is 9.89. The number of aryl methyl sites for hydroxylation is 1. The summed E-state index contributed by atoms with van der Waals surface area (Å²) < 4.78 is 0. The second-order valence-electron chi connectivity index (χ2n) is 9.45. The number of para-hydroxylation sites is 3. The summed E-state index contributed by atoms with van der Waals surface area (Å²) in [4.78, 5) is 21.6. The molecule has 0 unspecified atom stereocenters. The lowest BCUT2D eigenvalue weighted by atomic mass is 10.0. The van der Waals surface area contributed by atoms with Gasteiger partial charge >= 0.3 is 0 Å². The number of aromatic amines is 1. The van der Waals surface area contributed by atoms with Crippen LogP contribution in [0, 0.1) is 0 Å². The predicted octanol–water partition coefficient (Wildman–Crippen LogP) is 8.23. The number of amides is 1. The van der Waals surface area contributed by atoms with Crippen LogP contribution in [-0.2, 0) is 11.2 Å². The van der Waals surface area contributed by atoms with Crippen molar-refractivity contribution in [2.24, 2.45) is 0 Å². The standard InChI is InChI=1S/C33H27ClN4O/c34-24-19-21-30-28(22-24)27(33(36-30)31-20-18-23-10-7-8-16-29(23)35-31)15-9-17-32(39)37-38(25-11-3-1-4-12-25)26-13-5-2-6-14-26/h1-8,10-14,16,18-22,36H,9,15,17H2,(H,37,39). The van der Waals surface area contributed by atoms with E-state index < -0.39 is 0 Å². The Hall–Kier alpha value is -4.61. The molecular weight excluding hydrogens is 504 g/mol. The van der Waals surface area contributed by atoms with Gasteiger partial charge in [0.1, 0.15) is 0 Å². The molecule has 6 rings (SSSR count). The van der Waals surface area contributed by atoms with Crippen LogP contribution in [-0.4, -0.2) is 15.9 Å². The number of nitrogens with one attached hydrogen (secondary N) is 2. The number of pyridine rings is 1. The van der Waals surface area contributed by atoms with Crippen LogP contribution in [0.1, 0.15) is 18.4 Å². The summed E-state index contributed by atoms with van der Waals surface area (Å²) in [5, 5.41) is 4.67. The summed E-state index contributed by atoms with van der Waals surface area (Å²) >= 11 is 6.38. The molecule has 0 bridgehead atoms. The lowest BCUT2D eigenvalue weighted by molar-refractivity contribution is -0.121. The number of hydrogen-bond donors (Lipinski definition) is 2. The first kappa shape index (κ1) is 24.7. The van der Waals surface area contributed by atoms with E-state index in [9.17, 15) is 4.79 Å². The molecule has 6 aromatic rings. The van der Waals surface area contributed by atoms with Gasteiger partial charge < -0.3 is 4.98 Å². The first-order valence-corrected chi connectivity index (χ1v) is 13.4. The lowest BCUT2D eigenvalue weighted by Gasteiger charge is -2.25. The molecule has 0 aliphatic rings. The summed E-state index contributed by atoms with van der Waals surface area (Å²) in [7, 11) is 0. The van der Waals surface area contributed by atoms with E-state index in [0.717, 1.165) is 50.1 Å². The number of carbonyl (C=O) groups is 1. The molecule has 0 saturated heterocycles. The van der Waals surface area contributed by atoms with Crippen LogP contribution in [0.2, 0.25) is 5.02 Å². The third kappa shape index (κ3) is 5.35. The van der Waals surface area contributed by atoms with Gasteiger partial charge in [-0.2, -0.15) is 0 Å². The van der Waals surface area contributed by atoms with E-state index in [0.29, 0.717) is 24.3 Å². The van der Waals surface area contributed by atoms with Gasteiger partial charge in [0.2, 0.25) is 5.91 Å². The molecule has 0 aliphatic heterocycles. The first-order chi connectivity index (χ1) is 19.2. The zero-order valence-electron chi connectivity index (χ0n) is 21.3. The van der Waals surface area contributed by atoms with Gasteiger partial charge in [0.05, 0.1) is 28.3 Å². The van der Waals surface area contributed by atoms with Crippen molar-refractivity contribution in [3.8, 4) is 11.4 Å². The maximum Gasteiger partial charge on any atom is 0.238 e. The smallest absolute Gasteiger partial charge is 0.238 e. The SMILES string of the molecule is O=C(CCCc1c(-c2ccc3ccccc3n2)[nH]c2ccc(Cl)cc12)NN(c1ccccc1)c1ccccc1. The van der Waals surface area contributed by atoms with Gasteiger partial charge in [0.25, 0.3) is 0 Å². The van der Waals surface area contributed by atoms with Crippen molar-refractivity contribution in [2.75, 3.05) is 5.01 Å². The van der Waals surface area contributed by atoms with Gasteiger partial charge in [0.15, 0.2) is 0 Å². The molecular formula is C33H27ClN4O. The van der Waals surface area contributed by atoms with Crippen LogP contribution in [0.25, 0.3) is 33.2 Å². The Balaban J connectivity index is 1.24. The number of carbonyl (C=O) groups excluding carboxylic acids is 1. The number of anilines is 2. The average Bonchev–Trinajstić information content (AvgIpc) is 3.34. The topological polar surface area (TPSA) is 61.0 Å². The number of halogens is 1. The first-order valence-electron chi connectivity index (χ1n) is 13.0. The highest BCUT2D eigenvalue weighted by atomic mass is 35.5. The summed E-state index contributed by atoms with van der Waals surface area (Å²) in [5.41, 5.74) is 9.79. The monoisotopic (exact) mass is 530 g/mol. The molecule has 1 amide bonds. The Morgan fingerprint density at radius 1 is 0.821 bits per heavy atom. The van der Waals surface area contributed by atoms with E-state index in [1.165, 1.54) is 0 Å². The van der Waals surface area contributed by atoms with Crippen LogP contribution in [0.5, 0.6) is 0 Å². The predicted molar refractivity (Wildman–Crippen MR) is 160 cm³/mol. The fourth-order valence-electron chi connectivity index (χ4n) is 4.94. The number of nitrogens with zero attached hydrogens (tertiary/aromatic N) is 2. The molecule has 6 heteroatoms. The molecule has 0 atom stereocenters. The van der Waals surface area contributed by atoms with Gasteiger partial charge in [-0.3, -0.25) is 15.2 Å².